The van der Waals surface area contributed by atoms with Gasteiger partial charge in [-0.1, -0.05) is 10.9 Å². The molecule has 0 fully saturated rings. The van der Waals surface area contributed by atoms with Crippen LogP contribution in [0.25, 0.3) is 11.4 Å². The normalized spacial score (nSPS) is 10.4. The average molecular weight is 135 g/mol. The minimum Gasteiger partial charge on any atom is -0.411 e. The SMILES string of the molecule is On1ncnc2cccc1-2. The third-order valence-electron chi connectivity index (χ3n) is 1.34. The molecule has 2 aliphatic rings. The van der Waals surface area contributed by atoms with Crippen molar-refractivity contribution in [2.45, 2.75) is 0 Å². The van der Waals surface area contributed by atoms with Crippen LogP contribution in [0.3, 0.4) is 0 Å². The number of hydrogen-bond donors (Lipinski definition) is 1. The fourth-order valence-electron chi connectivity index (χ4n) is 0.879. The van der Waals surface area contributed by atoms with Crippen LogP contribution in [-0.4, -0.2) is 20.1 Å². The summed E-state index contributed by atoms with van der Waals surface area (Å²) in [5, 5.41) is 12.6. The van der Waals surface area contributed by atoms with E-state index in [1.165, 1.54) is 6.33 Å². The van der Waals surface area contributed by atoms with Gasteiger partial charge in [-0.15, -0.1) is 5.10 Å². The van der Waals surface area contributed by atoms with E-state index in [4.69, 9.17) is 5.21 Å². The Balaban J connectivity index is 2.80. The Bertz CT molecular complexity index is 317. The molecule has 4 heteroatoms. The third-order valence-corrected chi connectivity index (χ3v) is 1.34. The lowest BCUT2D eigenvalue weighted by molar-refractivity contribution is 0.147. The van der Waals surface area contributed by atoms with Crippen molar-refractivity contribution in [1.82, 2.24) is 14.9 Å². The molecule has 10 heavy (non-hydrogen) atoms. The maximum atomic E-state index is 9.03. The molecule has 2 rings (SSSR count). The molecule has 0 atom stereocenters. The van der Waals surface area contributed by atoms with Gasteiger partial charge >= 0.3 is 0 Å². The van der Waals surface area contributed by atoms with E-state index in [2.05, 4.69) is 10.1 Å². The Hall–Kier alpha value is -1.58. The van der Waals surface area contributed by atoms with E-state index in [0.717, 1.165) is 10.5 Å². The molecule has 0 aromatic carbocycles. The van der Waals surface area contributed by atoms with E-state index in [1.54, 1.807) is 6.07 Å². The second-order valence-electron chi connectivity index (χ2n) is 1.95. The molecule has 0 aromatic rings. The second kappa shape index (κ2) is 1.70. The van der Waals surface area contributed by atoms with Crippen molar-refractivity contribution in [1.29, 1.82) is 0 Å². The van der Waals surface area contributed by atoms with Crippen molar-refractivity contribution >= 4 is 0 Å². The van der Waals surface area contributed by atoms with E-state index < -0.39 is 0 Å². The molecule has 0 amide bonds. The number of aromatic nitrogens is 3. The summed E-state index contributed by atoms with van der Waals surface area (Å²) in [6, 6.07) is 5.37. The van der Waals surface area contributed by atoms with Gasteiger partial charge in [0.05, 0.1) is 5.69 Å². The summed E-state index contributed by atoms with van der Waals surface area (Å²) in [6.07, 6.45) is 1.31. The number of hydrogen-bond acceptors (Lipinski definition) is 3. The van der Waals surface area contributed by atoms with Gasteiger partial charge in [-0.2, -0.15) is 0 Å². The Kier molecular flexibility index (Phi) is 0.887. The topological polar surface area (TPSA) is 50.9 Å². The van der Waals surface area contributed by atoms with Crippen LogP contribution in [0.1, 0.15) is 0 Å². The summed E-state index contributed by atoms with van der Waals surface area (Å²) < 4.78 is 0. The van der Waals surface area contributed by atoms with Crippen LogP contribution in [0.2, 0.25) is 0 Å². The first-order valence-corrected chi connectivity index (χ1v) is 2.86. The van der Waals surface area contributed by atoms with Crippen molar-refractivity contribution in [3.05, 3.63) is 24.5 Å². The molecule has 1 N–H and O–H groups in total. The maximum Gasteiger partial charge on any atom is 0.140 e. The fraction of sp³-hybridized carbons (Fsp3) is 0. The van der Waals surface area contributed by atoms with Crippen LogP contribution < -0.4 is 0 Å². The second-order valence-corrected chi connectivity index (χ2v) is 1.95. The molecule has 1 heterocycles. The molecule has 0 saturated heterocycles. The van der Waals surface area contributed by atoms with Crippen LogP contribution in [0.4, 0.5) is 0 Å². The fourth-order valence-corrected chi connectivity index (χ4v) is 0.879. The first-order valence-electron chi connectivity index (χ1n) is 2.86. The molecule has 1 aliphatic carbocycles. The Morgan fingerprint density at radius 3 is 3.10 bits per heavy atom. The lowest BCUT2D eigenvalue weighted by atomic mass is 10.4. The molecular formula is C6H5N3O. The Labute approximate surface area is 57.0 Å². The van der Waals surface area contributed by atoms with Gasteiger partial charge < -0.3 is 5.21 Å². The van der Waals surface area contributed by atoms with Gasteiger partial charge in [-0.25, -0.2) is 4.98 Å². The predicted molar refractivity (Wildman–Crippen MR) is 33.8 cm³/mol. The highest BCUT2D eigenvalue weighted by molar-refractivity contribution is 5.56. The van der Waals surface area contributed by atoms with Crippen molar-refractivity contribution in [3.63, 3.8) is 0 Å². The molecule has 0 aromatic heterocycles. The third kappa shape index (κ3) is 0.556. The van der Waals surface area contributed by atoms with Crippen molar-refractivity contribution in [2.75, 3.05) is 0 Å². The van der Waals surface area contributed by atoms with E-state index in [0.29, 0.717) is 5.69 Å². The van der Waals surface area contributed by atoms with Crippen LogP contribution >= 0.6 is 0 Å². The van der Waals surface area contributed by atoms with Crippen LogP contribution in [0.15, 0.2) is 24.5 Å². The van der Waals surface area contributed by atoms with E-state index in [9.17, 15) is 0 Å². The first-order chi connectivity index (χ1) is 4.88. The zero-order valence-corrected chi connectivity index (χ0v) is 5.10. The summed E-state index contributed by atoms with van der Waals surface area (Å²) in [5.41, 5.74) is 1.38. The van der Waals surface area contributed by atoms with Gasteiger partial charge in [0, 0.05) is 0 Å². The number of rotatable bonds is 0. The highest BCUT2D eigenvalue weighted by Gasteiger charge is 2.05. The molecule has 0 bridgehead atoms. The minimum absolute atomic E-state index is 0.627. The van der Waals surface area contributed by atoms with Crippen LogP contribution in [0, 0.1) is 0 Å². The Morgan fingerprint density at radius 2 is 2.30 bits per heavy atom. The van der Waals surface area contributed by atoms with Crippen molar-refractivity contribution in [2.24, 2.45) is 0 Å². The van der Waals surface area contributed by atoms with Gasteiger partial charge in [-0.3, -0.25) is 0 Å². The van der Waals surface area contributed by atoms with Crippen LogP contribution in [0.5, 0.6) is 0 Å². The zero-order chi connectivity index (χ0) is 6.97. The monoisotopic (exact) mass is 135 g/mol. The van der Waals surface area contributed by atoms with E-state index in [-0.39, 0.29) is 0 Å². The summed E-state index contributed by atoms with van der Waals surface area (Å²) in [7, 11) is 0. The van der Waals surface area contributed by atoms with Gasteiger partial charge in [0.1, 0.15) is 12.0 Å². The Morgan fingerprint density at radius 1 is 1.40 bits per heavy atom. The summed E-state index contributed by atoms with van der Waals surface area (Å²) >= 11 is 0. The van der Waals surface area contributed by atoms with Gasteiger partial charge in [0.15, 0.2) is 0 Å². The molecule has 0 saturated carbocycles. The largest absolute Gasteiger partial charge is 0.411 e. The molecule has 50 valence electrons. The summed E-state index contributed by atoms with van der Waals surface area (Å²) in [4.78, 5) is 4.72. The number of nitrogens with zero attached hydrogens (tertiary/aromatic N) is 3. The smallest absolute Gasteiger partial charge is 0.140 e. The highest BCUT2D eigenvalue weighted by atomic mass is 16.5. The van der Waals surface area contributed by atoms with Gasteiger partial charge in [-0.05, 0) is 12.1 Å². The lowest BCUT2D eigenvalue weighted by Crippen LogP contribution is -2.02. The molecule has 0 unspecified atom stereocenters. The summed E-state index contributed by atoms with van der Waals surface area (Å²) in [6.45, 7) is 0. The predicted octanol–water partition coefficient (Wildman–Crippen LogP) is 0.620. The summed E-state index contributed by atoms with van der Waals surface area (Å²) in [5.74, 6) is 0. The van der Waals surface area contributed by atoms with Gasteiger partial charge in [0.25, 0.3) is 0 Å². The molecule has 1 aliphatic heterocycles. The first kappa shape index (κ1) is 5.22. The molecule has 4 nitrogen and oxygen atoms in total. The van der Waals surface area contributed by atoms with E-state index >= 15 is 0 Å². The van der Waals surface area contributed by atoms with Crippen molar-refractivity contribution < 1.29 is 5.21 Å². The quantitative estimate of drug-likeness (QED) is 0.539. The van der Waals surface area contributed by atoms with Crippen LogP contribution in [-0.2, 0) is 0 Å². The zero-order valence-electron chi connectivity index (χ0n) is 5.10. The van der Waals surface area contributed by atoms with Crippen molar-refractivity contribution in [3.8, 4) is 11.4 Å². The number of fused-ring (bicyclic) bond motifs is 1. The van der Waals surface area contributed by atoms with Gasteiger partial charge in [0.2, 0.25) is 0 Å². The van der Waals surface area contributed by atoms with E-state index in [1.807, 2.05) is 12.1 Å². The molecule has 0 spiro atoms. The minimum atomic E-state index is 0.627. The molecular weight excluding hydrogens is 130 g/mol. The lowest BCUT2D eigenvalue weighted by Gasteiger charge is -1.99. The molecule has 0 radical (unpaired) electrons. The highest BCUT2D eigenvalue weighted by Crippen LogP contribution is 2.16. The standard InChI is InChI=1S/C6H5N3O/c10-9-6-3-1-2-5(6)7-4-8-9/h1-4,10H. The average Bonchev–Trinajstić information content (AvgIpc) is 2.36. The maximum absolute atomic E-state index is 9.03.